The SMILES string of the molecule is CCOc1ccccc1CNC(=O)N[C@H](C)C(=O)N[C@@H](C)CC. The van der Waals surface area contributed by atoms with Crippen LogP contribution >= 0.6 is 0 Å². The highest BCUT2D eigenvalue weighted by Gasteiger charge is 2.16. The van der Waals surface area contributed by atoms with E-state index in [-0.39, 0.29) is 18.0 Å². The molecule has 1 aromatic rings. The van der Waals surface area contributed by atoms with Crippen LogP contribution in [0, 0.1) is 0 Å². The van der Waals surface area contributed by atoms with Gasteiger partial charge in [0.05, 0.1) is 6.61 Å². The van der Waals surface area contributed by atoms with Crippen molar-refractivity contribution in [2.24, 2.45) is 0 Å². The first-order chi connectivity index (χ1) is 11.0. The molecule has 3 N–H and O–H groups in total. The van der Waals surface area contributed by atoms with Gasteiger partial charge in [-0.3, -0.25) is 4.79 Å². The minimum absolute atomic E-state index is 0.0906. The first kappa shape index (κ1) is 18.8. The summed E-state index contributed by atoms with van der Waals surface area (Å²) >= 11 is 0. The molecule has 0 spiro atoms. The summed E-state index contributed by atoms with van der Waals surface area (Å²) in [4.78, 5) is 23.8. The largest absolute Gasteiger partial charge is 0.494 e. The number of ether oxygens (including phenoxy) is 1. The van der Waals surface area contributed by atoms with E-state index in [0.717, 1.165) is 17.7 Å². The van der Waals surface area contributed by atoms with E-state index >= 15 is 0 Å². The zero-order valence-electron chi connectivity index (χ0n) is 14.3. The second-order valence-corrected chi connectivity index (χ2v) is 5.41. The van der Waals surface area contributed by atoms with Gasteiger partial charge in [0.25, 0.3) is 0 Å². The molecule has 0 unspecified atom stereocenters. The van der Waals surface area contributed by atoms with Gasteiger partial charge in [-0.05, 0) is 33.3 Å². The number of urea groups is 1. The molecule has 3 amide bonds. The molecular formula is C17H27N3O3. The van der Waals surface area contributed by atoms with Gasteiger partial charge in [-0.15, -0.1) is 0 Å². The summed E-state index contributed by atoms with van der Waals surface area (Å²) < 4.78 is 5.51. The van der Waals surface area contributed by atoms with E-state index in [4.69, 9.17) is 4.74 Å². The van der Waals surface area contributed by atoms with Crippen LogP contribution in [0.2, 0.25) is 0 Å². The second kappa shape index (κ2) is 9.71. The minimum Gasteiger partial charge on any atom is -0.494 e. The Kier molecular flexibility index (Phi) is 7.94. The summed E-state index contributed by atoms with van der Waals surface area (Å²) in [5.41, 5.74) is 0.890. The third-order valence-corrected chi connectivity index (χ3v) is 3.45. The second-order valence-electron chi connectivity index (χ2n) is 5.41. The molecule has 23 heavy (non-hydrogen) atoms. The average Bonchev–Trinajstić information content (AvgIpc) is 2.54. The van der Waals surface area contributed by atoms with Crippen molar-refractivity contribution in [2.45, 2.75) is 52.7 Å². The molecule has 0 aromatic heterocycles. The molecule has 0 aliphatic rings. The number of rotatable bonds is 8. The van der Waals surface area contributed by atoms with Gasteiger partial charge in [-0.2, -0.15) is 0 Å². The minimum atomic E-state index is -0.592. The van der Waals surface area contributed by atoms with Crippen LogP contribution in [-0.4, -0.2) is 30.6 Å². The lowest BCUT2D eigenvalue weighted by Crippen LogP contribution is -2.50. The maximum atomic E-state index is 11.9. The van der Waals surface area contributed by atoms with E-state index < -0.39 is 6.04 Å². The monoisotopic (exact) mass is 321 g/mol. The number of para-hydroxylation sites is 1. The van der Waals surface area contributed by atoms with Crippen molar-refractivity contribution in [2.75, 3.05) is 6.61 Å². The van der Waals surface area contributed by atoms with Crippen LogP contribution in [-0.2, 0) is 11.3 Å². The molecule has 1 aromatic carbocycles. The first-order valence-corrected chi connectivity index (χ1v) is 8.03. The van der Waals surface area contributed by atoms with E-state index in [1.807, 2.05) is 45.0 Å². The fraction of sp³-hybridized carbons (Fsp3) is 0.529. The number of hydrogen-bond donors (Lipinski definition) is 3. The summed E-state index contributed by atoms with van der Waals surface area (Å²) in [6, 6.07) is 6.64. The van der Waals surface area contributed by atoms with Crippen LogP contribution in [0.3, 0.4) is 0 Å². The van der Waals surface area contributed by atoms with Crippen molar-refractivity contribution >= 4 is 11.9 Å². The van der Waals surface area contributed by atoms with Crippen molar-refractivity contribution in [3.8, 4) is 5.75 Å². The maximum Gasteiger partial charge on any atom is 0.315 e. The molecule has 0 saturated carbocycles. The molecule has 0 bridgehead atoms. The zero-order valence-corrected chi connectivity index (χ0v) is 14.3. The van der Waals surface area contributed by atoms with Crippen LogP contribution < -0.4 is 20.7 Å². The lowest BCUT2D eigenvalue weighted by molar-refractivity contribution is -0.123. The highest BCUT2D eigenvalue weighted by Crippen LogP contribution is 2.17. The molecule has 128 valence electrons. The predicted molar refractivity (Wildman–Crippen MR) is 90.3 cm³/mol. The molecule has 0 fully saturated rings. The van der Waals surface area contributed by atoms with Gasteiger partial charge >= 0.3 is 6.03 Å². The molecular weight excluding hydrogens is 294 g/mol. The number of hydrogen-bond acceptors (Lipinski definition) is 3. The van der Waals surface area contributed by atoms with Crippen LogP contribution in [0.1, 0.15) is 39.7 Å². The number of benzene rings is 1. The summed E-state index contributed by atoms with van der Waals surface area (Å²) in [6.07, 6.45) is 0.846. The molecule has 0 aliphatic heterocycles. The molecule has 0 heterocycles. The van der Waals surface area contributed by atoms with Crippen molar-refractivity contribution in [1.29, 1.82) is 0 Å². The molecule has 6 nitrogen and oxygen atoms in total. The zero-order chi connectivity index (χ0) is 17.2. The van der Waals surface area contributed by atoms with Crippen molar-refractivity contribution in [3.05, 3.63) is 29.8 Å². The highest BCUT2D eigenvalue weighted by atomic mass is 16.5. The van der Waals surface area contributed by atoms with E-state index in [0.29, 0.717) is 13.2 Å². The van der Waals surface area contributed by atoms with E-state index in [2.05, 4.69) is 16.0 Å². The Morgan fingerprint density at radius 3 is 2.48 bits per heavy atom. The average molecular weight is 321 g/mol. The number of nitrogens with one attached hydrogen (secondary N) is 3. The quantitative estimate of drug-likeness (QED) is 0.686. The van der Waals surface area contributed by atoms with Gasteiger partial charge in [0, 0.05) is 18.2 Å². The smallest absolute Gasteiger partial charge is 0.315 e. The predicted octanol–water partition coefficient (Wildman–Crippen LogP) is 2.19. The first-order valence-electron chi connectivity index (χ1n) is 8.03. The summed E-state index contributed by atoms with van der Waals surface area (Å²) in [5, 5.41) is 8.20. The van der Waals surface area contributed by atoms with E-state index in [9.17, 15) is 9.59 Å². The Bertz CT molecular complexity index is 520. The Hall–Kier alpha value is -2.24. The topological polar surface area (TPSA) is 79.5 Å². The number of carbonyl (C=O) groups excluding carboxylic acids is 2. The maximum absolute atomic E-state index is 11.9. The fourth-order valence-corrected chi connectivity index (χ4v) is 1.90. The summed E-state index contributed by atoms with van der Waals surface area (Å²) in [7, 11) is 0. The Balaban J connectivity index is 2.46. The molecule has 0 saturated heterocycles. The van der Waals surface area contributed by atoms with Gasteiger partial charge in [0.15, 0.2) is 0 Å². The van der Waals surface area contributed by atoms with Gasteiger partial charge in [0.1, 0.15) is 11.8 Å². The Morgan fingerprint density at radius 1 is 1.13 bits per heavy atom. The Labute approximate surface area is 138 Å². The highest BCUT2D eigenvalue weighted by molar-refractivity contribution is 5.86. The summed E-state index contributed by atoms with van der Waals surface area (Å²) in [6.45, 7) is 8.39. The standard InChI is InChI=1S/C17H27N3O3/c1-5-12(3)19-16(21)13(4)20-17(22)18-11-14-9-7-8-10-15(14)23-6-2/h7-10,12-13H,5-6,11H2,1-4H3,(H,19,21)(H2,18,20,22)/t12-,13+/m0/s1. The van der Waals surface area contributed by atoms with Crippen molar-refractivity contribution in [1.82, 2.24) is 16.0 Å². The van der Waals surface area contributed by atoms with Crippen LogP contribution in [0.5, 0.6) is 5.75 Å². The van der Waals surface area contributed by atoms with Gasteiger partial charge < -0.3 is 20.7 Å². The molecule has 0 aliphatic carbocycles. The third-order valence-electron chi connectivity index (χ3n) is 3.45. The van der Waals surface area contributed by atoms with Crippen molar-refractivity contribution in [3.63, 3.8) is 0 Å². The number of amides is 3. The van der Waals surface area contributed by atoms with Gasteiger partial charge in [-0.25, -0.2) is 4.79 Å². The molecule has 0 radical (unpaired) electrons. The van der Waals surface area contributed by atoms with Crippen LogP contribution in [0.4, 0.5) is 4.79 Å². The van der Waals surface area contributed by atoms with E-state index in [1.54, 1.807) is 6.92 Å². The summed E-state index contributed by atoms with van der Waals surface area (Å²) in [5.74, 6) is 0.557. The molecule has 6 heteroatoms. The van der Waals surface area contributed by atoms with Gasteiger partial charge in [-0.1, -0.05) is 25.1 Å². The number of carbonyl (C=O) groups is 2. The van der Waals surface area contributed by atoms with Crippen molar-refractivity contribution < 1.29 is 14.3 Å². The Morgan fingerprint density at radius 2 is 1.83 bits per heavy atom. The lowest BCUT2D eigenvalue weighted by Gasteiger charge is -2.18. The van der Waals surface area contributed by atoms with Crippen LogP contribution in [0.25, 0.3) is 0 Å². The lowest BCUT2D eigenvalue weighted by atomic mass is 10.2. The normalized spacial score (nSPS) is 12.9. The third kappa shape index (κ3) is 6.59. The van der Waals surface area contributed by atoms with Crippen LogP contribution in [0.15, 0.2) is 24.3 Å². The molecule has 1 rings (SSSR count). The van der Waals surface area contributed by atoms with Gasteiger partial charge in [0.2, 0.25) is 5.91 Å². The molecule has 2 atom stereocenters. The fourth-order valence-electron chi connectivity index (χ4n) is 1.90. The van der Waals surface area contributed by atoms with E-state index in [1.165, 1.54) is 0 Å².